The number of carboxylic acids is 1. The summed E-state index contributed by atoms with van der Waals surface area (Å²) in [6, 6.07) is -0.392. The summed E-state index contributed by atoms with van der Waals surface area (Å²) in [5.41, 5.74) is -1.05. The Morgan fingerprint density at radius 3 is 2.24 bits per heavy atom. The van der Waals surface area contributed by atoms with E-state index in [2.05, 4.69) is 0 Å². The fourth-order valence-electron chi connectivity index (χ4n) is 1.68. The number of hydrogen-bond donors (Lipinski definition) is 1. The molecule has 116 valence electrons. The first-order valence-corrected chi connectivity index (χ1v) is 6.06. The molecular formula is C13H13F4NO3. The molecule has 0 aromatic heterocycles. The zero-order valence-electron chi connectivity index (χ0n) is 11.3. The average molecular weight is 307 g/mol. The Bertz CT molecular complexity index is 577. The minimum Gasteiger partial charge on any atom is -0.480 e. The number of hydrogen-bond acceptors (Lipinski definition) is 2. The summed E-state index contributed by atoms with van der Waals surface area (Å²) >= 11 is 0. The average Bonchev–Trinajstić information content (AvgIpc) is 2.44. The molecule has 0 heterocycles. The van der Waals surface area contributed by atoms with Gasteiger partial charge in [-0.15, -0.1) is 0 Å². The molecule has 0 saturated heterocycles. The lowest BCUT2D eigenvalue weighted by molar-refractivity contribution is -0.138. The van der Waals surface area contributed by atoms with Gasteiger partial charge in [-0.25, -0.2) is 17.6 Å². The molecule has 8 heteroatoms. The summed E-state index contributed by atoms with van der Waals surface area (Å²) in [5, 5.41) is 8.75. The van der Waals surface area contributed by atoms with Crippen molar-refractivity contribution in [1.82, 2.24) is 4.90 Å². The van der Waals surface area contributed by atoms with E-state index in [1.165, 1.54) is 6.92 Å². The van der Waals surface area contributed by atoms with Crippen LogP contribution in [0.4, 0.5) is 17.6 Å². The molecule has 0 aliphatic rings. The van der Waals surface area contributed by atoms with Crippen molar-refractivity contribution in [3.63, 3.8) is 0 Å². The van der Waals surface area contributed by atoms with Gasteiger partial charge in [0.25, 0.3) is 5.91 Å². The number of amides is 1. The molecule has 1 unspecified atom stereocenters. The van der Waals surface area contributed by atoms with Gasteiger partial charge in [-0.1, -0.05) is 6.92 Å². The van der Waals surface area contributed by atoms with Gasteiger partial charge in [0.2, 0.25) is 0 Å². The molecule has 0 fully saturated rings. The zero-order chi connectivity index (χ0) is 16.3. The van der Waals surface area contributed by atoms with E-state index in [1.54, 1.807) is 6.92 Å². The first kappa shape index (κ1) is 16.9. The van der Waals surface area contributed by atoms with Crippen LogP contribution in [0.1, 0.15) is 30.6 Å². The summed E-state index contributed by atoms with van der Waals surface area (Å²) in [6.07, 6.45) is 0.340. The maximum absolute atomic E-state index is 13.6. The molecule has 0 saturated carbocycles. The fourth-order valence-corrected chi connectivity index (χ4v) is 1.68. The third-order valence-electron chi connectivity index (χ3n) is 3.02. The summed E-state index contributed by atoms with van der Waals surface area (Å²) in [6.45, 7) is 2.37. The molecule has 1 amide bonds. The molecule has 1 N–H and O–H groups in total. The van der Waals surface area contributed by atoms with Gasteiger partial charge < -0.3 is 10.0 Å². The van der Waals surface area contributed by atoms with Gasteiger partial charge in [0.15, 0.2) is 23.3 Å². The van der Waals surface area contributed by atoms with Crippen LogP contribution in [0.3, 0.4) is 0 Å². The van der Waals surface area contributed by atoms with E-state index in [-0.39, 0.29) is 6.07 Å². The van der Waals surface area contributed by atoms with Gasteiger partial charge in [0.1, 0.15) is 6.54 Å². The van der Waals surface area contributed by atoms with Crippen molar-refractivity contribution in [2.24, 2.45) is 0 Å². The van der Waals surface area contributed by atoms with E-state index in [1.807, 2.05) is 0 Å². The van der Waals surface area contributed by atoms with Crippen molar-refractivity contribution >= 4 is 11.9 Å². The van der Waals surface area contributed by atoms with Crippen molar-refractivity contribution in [2.45, 2.75) is 26.3 Å². The van der Waals surface area contributed by atoms with Crippen molar-refractivity contribution < 1.29 is 32.3 Å². The number of carboxylic acid groups (broad SMARTS) is 1. The van der Waals surface area contributed by atoms with Gasteiger partial charge in [0.05, 0.1) is 5.56 Å². The number of rotatable bonds is 5. The number of aliphatic carboxylic acids is 1. The van der Waals surface area contributed by atoms with Crippen LogP contribution in [0.25, 0.3) is 0 Å². The molecule has 0 spiro atoms. The van der Waals surface area contributed by atoms with Gasteiger partial charge in [0, 0.05) is 6.04 Å². The molecule has 1 aromatic rings. The molecule has 0 aliphatic heterocycles. The zero-order valence-corrected chi connectivity index (χ0v) is 11.3. The quantitative estimate of drug-likeness (QED) is 0.517. The van der Waals surface area contributed by atoms with Crippen LogP contribution in [0.15, 0.2) is 6.07 Å². The smallest absolute Gasteiger partial charge is 0.323 e. The van der Waals surface area contributed by atoms with E-state index >= 15 is 0 Å². The van der Waals surface area contributed by atoms with Crippen LogP contribution in [0.5, 0.6) is 0 Å². The minimum atomic E-state index is -2.11. The highest BCUT2D eigenvalue weighted by Crippen LogP contribution is 2.21. The van der Waals surface area contributed by atoms with Crippen molar-refractivity contribution in [3.05, 3.63) is 34.9 Å². The van der Waals surface area contributed by atoms with Crippen LogP contribution >= 0.6 is 0 Å². The summed E-state index contributed by atoms with van der Waals surface area (Å²) < 4.78 is 52.7. The summed E-state index contributed by atoms with van der Waals surface area (Å²) in [7, 11) is 0. The van der Waals surface area contributed by atoms with Crippen LogP contribution in [0.2, 0.25) is 0 Å². The van der Waals surface area contributed by atoms with Crippen LogP contribution in [-0.2, 0) is 4.79 Å². The van der Waals surface area contributed by atoms with Gasteiger partial charge in [-0.3, -0.25) is 9.59 Å². The van der Waals surface area contributed by atoms with E-state index in [0.717, 1.165) is 4.90 Å². The molecule has 0 aliphatic carbocycles. The second-order valence-corrected chi connectivity index (χ2v) is 4.43. The monoisotopic (exact) mass is 307 g/mol. The highest BCUT2D eigenvalue weighted by Gasteiger charge is 2.29. The maximum atomic E-state index is 13.6. The van der Waals surface area contributed by atoms with Crippen molar-refractivity contribution in [1.29, 1.82) is 0 Å². The Hall–Kier alpha value is -2.12. The van der Waals surface area contributed by atoms with Crippen LogP contribution in [-0.4, -0.2) is 34.5 Å². The SMILES string of the molecule is CCC(C)N(CC(=O)O)C(=O)c1cc(F)c(F)c(F)c1F. The highest BCUT2D eigenvalue weighted by molar-refractivity contribution is 5.96. The van der Waals surface area contributed by atoms with E-state index in [0.29, 0.717) is 6.42 Å². The van der Waals surface area contributed by atoms with E-state index in [9.17, 15) is 27.2 Å². The van der Waals surface area contributed by atoms with Gasteiger partial charge >= 0.3 is 5.97 Å². The first-order valence-electron chi connectivity index (χ1n) is 6.06. The minimum absolute atomic E-state index is 0.216. The Morgan fingerprint density at radius 1 is 1.19 bits per heavy atom. The molecule has 1 rings (SSSR count). The topological polar surface area (TPSA) is 57.6 Å². The predicted octanol–water partition coefficient (Wildman–Crippen LogP) is 2.57. The molecule has 0 radical (unpaired) electrons. The number of carbonyl (C=O) groups excluding carboxylic acids is 1. The lowest BCUT2D eigenvalue weighted by atomic mass is 10.1. The summed E-state index contributed by atoms with van der Waals surface area (Å²) in [4.78, 5) is 23.6. The van der Waals surface area contributed by atoms with Crippen LogP contribution in [0, 0.1) is 23.3 Å². The third-order valence-corrected chi connectivity index (χ3v) is 3.02. The van der Waals surface area contributed by atoms with Gasteiger partial charge in [-0.05, 0) is 19.4 Å². The Kier molecular flexibility index (Phi) is 5.28. The lowest BCUT2D eigenvalue weighted by Crippen LogP contribution is -2.42. The van der Waals surface area contributed by atoms with Crippen LogP contribution < -0.4 is 0 Å². The van der Waals surface area contributed by atoms with E-state index < -0.39 is 53.3 Å². The number of halogens is 4. The molecule has 21 heavy (non-hydrogen) atoms. The van der Waals surface area contributed by atoms with Crippen molar-refractivity contribution in [3.8, 4) is 0 Å². The van der Waals surface area contributed by atoms with Crippen molar-refractivity contribution in [2.75, 3.05) is 6.54 Å². The predicted molar refractivity (Wildman–Crippen MR) is 64.7 cm³/mol. The number of benzene rings is 1. The standard InChI is InChI=1S/C13H13F4NO3/c1-3-6(2)18(5-9(19)20)13(21)7-4-8(14)11(16)12(17)10(7)15/h4,6H,3,5H2,1-2H3,(H,19,20). The Balaban J connectivity index is 3.30. The lowest BCUT2D eigenvalue weighted by Gasteiger charge is -2.27. The second-order valence-electron chi connectivity index (χ2n) is 4.43. The van der Waals surface area contributed by atoms with Gasteiger partial charge in [-0.2, -0.15) is 0 Å². The first-order chi connectivity index (χ1) is 9.70. The highest BCUT2D eigenvalue weighted by atomic mass is 19.2. The normalized spacial score (nSPS) is 12.1. The molecule has 0 bridgehead atoms. The van der Waals surface area contributed by atoms with E-state index in [4.69, 9.17) is 5.11 Å². The second kappa shape index (κ2) is 6.55. The molecule has 4 nitrogen and oxygen atoms in total. The molecular weight excluding hydrogens is 294 g/mol. The largest absolute Gasteiger partial charge is 0.480 e. The number of nitrogens with zero attached hydrogens (tertiary/aromatic N) is 1. The third kappa shape index (κ3) is 3.50. The number of carbonyl (C=O) groups is 2. The Labute approximate surface area is 118 Å². The fraction of sp³-hybridized carbons (Fsp3) is 0.385. The molecule has 1 aromatic carbocycles. The summed E-state index contributed by atoms with van der Waals surface area (Å²) in [5.74, 6) is -10.3. The Morgan fingerprint density at radius 2 is 1.76 bits per heavy atom. The maximum Gasteiger partial charge on any atom is 0.323 e. The molecule has 1 atom stereocenters.